The molecule has 0 aromatic heterocycles. The van der Waals surface area contributed by atoms with Crippen LogP contribution in [0.3, 0.4) is 0 Å². The summed E-state index contributed by atoms with van der Waals surface area (Å²) in [6.45, 7) is 9.99. The quantitative estimate of drug-likeness (QED) is 0.417. The SMILES string of the molecule is CC1C(NCc2ccccc2)C(C)C(NCc2ccccc2)C(C)C1NCc1ccccc1. The van der Waals surface area contributed by atoms with Gasteiger partial charge in [-0.25, -0.2) is 0 Å². The van der Waals surface area contributed by atoms with Gasteiger partial charge in [0.05, 0.1) is 0 Å². The van der Waals surface area contributed by atoms with Crippen LogP contribution >= 0.6 is 0 Å². The van der Waals surface area contributed by atoms with Crippen LogP contribution in [-0.2, 0) is 19.6 Å². The van der Waals surface area contributed by atoms with E-state index < -0.39 is 0 Å². The third kappa shape index (κ3) is 6.11. The third-order valence-electron chi connectivity index (χ3n) is 7.55. The van der Waals surface area contributed by atoms with Crippen LogP contribution in [0, 0.1) is 17.8 Å². The zero-order chi connectivity index (χ0) is 23.0. The second-order valence-corrected chi connectivity index (χ2v) is 9.75. The van der Waals surface area contributed by atoms with Crippen LogP contribution in [0.4, 0.5) is 0 Å². The van der Waals surface area contributed by atoms with E-state index in [1.54, 1.807) is 0 Å². The molecule has 0 radical (unpaired) electrons. The third-order valence-corrected chi connectivity index (χ3v) is 7.55. The molecule has 0 saturated heterocycles. The standard InChI is InChI=1S/C30H39N3/c1-22-28(31-19-25-13-7-4-8-14-25)23(2)30(33-21-27-17-11-6-12-18-27)24(3)29(22)32-20-26-15-9-5-10-16-26/h4-18,22-24,28-33H,19-21H2,1-3H3. The molecular formula is C30H39N3. The maximum Gasteiger partial charge on any atom is 0.0208 e. The summed E-state index contributed by atoms with van der Waals surface area (Å²) in [4.78, 5) is 0. The van der Waals surface area contributed by atoms with Crippen molar-refractivity contribution in [2.45, 2.75) is 58.5 Å². The van der Waals surface area contributed by atoms with Gasteiger partial charge < -0.3 is 16.0 Å². The van der Waals surface area contributed by atoms with Crippen LogP contribution < -0.4 is 16.0 Å². The molecule has 3 N–H and O–H groups in total. The highest BCUT2D eigenvalue weighted by Gasteiger charge is 2.44. The summed E-state index contributed by atoms with van der Waals surface area (Å²) in [6, 6.07) is 33.6. The van der Waals surface area contributed by atoms with Gasteiger partial charge >= 0.3 is 0 Å². The summed E-state index contributed by atoms with van der Waals surface area (Å²) in [5.41, 5.74) is 4.04. The minimum atomic E-state index is 0.433. The van der Waals surface area contributed by atoms with Gasteiger partial charge in [-0.3, -0.25) is 0 Å². The van der Waals surface area contributed by atoms with E-state index in [2.05, 4.69) is 128 Å². The molecule has 4 rings (SSSR count). The average molecular weight is 442 g/mol. The van der Waals surface area contributed by atoms with E-state index in [-0.39, 0.29) is 0 Å². The minimum Gasteiger partial charge on any atom is -0.309 e. The van der Waals surface area contributed by atoms with Crippen LogP contribution in [0.15, 0.2) is 91.0 Å². The maximum atomic E-state index is 3.93. The second-order valence-electron chi connectivity index (χ2n) is 9.75. The first-order valence-corrected chi connectivity index (χ1v) is 12.5. The van der Waals surface area contributed by atoms with Crippen molar-refractivity contribution in [1.82, 2.24) is 16.0 Å². The van der Waals surface area contributed by atoms with Crippen molar-refractivity contribution >= 4 is 0 Å². The van der Waals surface area contributed by atoms with E-state index >= 15 is 0 Å². The first-order chi connectivity index (χ1) is 16.1. The number of benzene rings is 3. The van der Waals surface area contributed by atoms with Crippen molar-refractivity contribution in [2.75, 3.05) is 0 Å². The molecule has 33 heavy (non-hydrogen) atoms. The summed E-state index contributed by atoms with van der Waals surface area (Å²) >= 11 is 0. The van der Waals surface area contributed by atoms with Gasteiger partial charge in [0.15, 0.2) is 0 Å². The molecule has 0 atom stereocenters. The molecule has 3 aromatic rings. The molecule has 1 saturated carbocycles. The number of nitrogens with one attached hydrogen (secondary N) is 3. The lowest BCUT2D eigenvalue weighted by Gasteiger charge is -2.50. The van der Waals surface area contributed by atoms with Crippen molar-refractivity contribution in [1.29, 1.82) is 0 Å². The molecule has 1 aliphatic carbocycles. The van der Waals surface area contributed by atoms with Crippen LogP contribution in [0.1, 0.15) is 37.5 Å². The zero-order valence-corrected chi connectivity index (χ0v) is 20.2. The normalized spacial score (nSPS) is 27.4. The molecule has 0 unspecified atom stereocenters. The van der Waals surface area contributed by atoms with Crippen molar-refractivity contribution in [3.8, 4) is 0 Å². The van der Waals surface area contributed by atoms with E-state index in [0.717, 1.165) is 19.6 Å². The molecule has 3 aromatic carbocycles. The first-order valence-electron chi connectivity index (χ1n) is 12.5. The van der Waals surface area contributed by atoms with Gasteiger partial charge in [-0.1, -0.05) is 112 Å². The fourth-order valence-electron chi connectivity index (χ4n) is 5.72. The lowest BCUT2D eigenvalue weighted by atomic mass is 9.67. The molecule has 174 valence electrons. The summed E-state index contributed by atoms with van der Waals surface area (Å²) in [5.74, 6) is 1.58. The van der Waals surface area contributed by atoms with E-state index in [0.29, 0.717) is 35.9 Å². The number of hydrogen-bond donors (Lipinski definition) is 3. The van der Waals surface area contributed by atoms with Crippen molar-refractivity contribution < 1.29 is 0 Å². The molecule has 3 nitrogen and oxygen atoms in total. The summed E-state index contributed by atoms with van der Waals surface area (Å²) < 4.78 is 0. The van der Waals surface area contributed by atoms with E-state index in [4.69, 9.17) is 0 Å². The van der Waals surface area contributed by atoms with Gasteiger partial charge in [0.2, 0.25) is 0 Å². The highest BCUT2D eigenvalue weighted by atomic mass is 15.0. The van der Waals surface area contributed by atoms with Crippen molar-refractivity contribution in [3.63, 3.8) is 0 Å². The van der Waals surface area contributed by atoms with E-state index in [1.807, 2.05) is 0 Å². The highest BCUT2D eigenvalue weighted by Crippen LogP contribution is 2.35. The average Bonchev–Trinajstić information content (AvgIpc) is 2.86. The molecular weight excluding hydrogens is 402 g/mol. The molecule has 3 heteroatoms. The Labute approximate surface area is 200 Å². The Hall–Kier alpha value is -2.46. The van der Waals surface area contributed by atoms with Gasteiger partial charge in [0.1, 0.15) is 0 Å². The van der Waals surface area contributed by atoms with Crippen LogP contribution in [0.5, 0.6) is 0 Å². The van der Waals surface area contributed by atoms with Crippen LogP contribution in [0.25, 0.3) is 0 Å². The molecule has 1 aliphatic rings. The molecule has 1 fully saturated rings. The molecule has 0 amide bonds. The summed E-state index contributed by atoms with van der Waals surface area (Å²) in [6.07, 6.45) is 0. The Morgan fingerprint density at radius 2 is 0.667 bits per heavy atom. The predicted molar refractivity (Wildman–Crippen MR) is 139 cm³/mol. The predicted octanol–water partition coefficient (Wildman–Crippen LogP) is 5.38. The van der Waals surface area contributed by atoms with Gasteiger partial charge in [0.25, 0.3) is 0 Å². The maximum absolute atomic E-state index is 3.93. The lowest BCUT2D eigenvalue weighted by molar-refractivity contribution is 0.0699. The lowest BCUT2D eigenvalue weighted by Crippen LogP contribution is -2.64. The summed E-state index contributed by atoms with van der Waals surface area (Å²) in [7, 11) is 0. The van der Waals surface area contributed by atoms with Gasteiger partial charge in [-0.05, 0) is 34.4 Å². The molecule has 0 heterocycles. The molecule has 0 spiro atoms. The van der Waals surface area contributed by atoms with Gasteiger partial charge in [-0.2, -0.15) is 0 Å². The van der Waals surface area contributed by atoms with Gasteiger partial charge in [0, 0.05) is 37.8 Å². The van der Waals surface area contributed by atoms with Crippen LogP contribution in [0.2, 0.25) is 0 Å². The van der Waals surface area contributed by atoms with E-state index in [1.165, 1.54) is 16.7 Å². The Morgan fingerprint density at radius 1 is 0.424 bits per heavy atom. The Kier molecular flexibility index (Phi) is 8.33. The van der Waals surface area contributed by atoms with E-state index in [9.17, 15) is 0 Å². The van der Waals surface area contributed by atoms with Crippen molar-refractivity contribution in [2.24, 2.45) is 17.8 Å². The largest absolute Gasteiger partial charge is 0.309 e. The fourth-order valence-corrected chi connectivity index (χ4v) is 5.72. The monoisotopic (exact) mass is 441 g/mol. The fraction of sp³-hybridized carbons (Fsp3) is 0.400. The topological polar surface area (TPSA) is 36.1 Å². The Balaban J connectivity index is 1.49. The smallest absolute Gasteiger partial charge is 0.0208 e. The summed E-state index contributed by atoms with van der Waals surface area (Å²) in [5, 5.41) is 11.8. The highest BCUT2D eigenvalue weighted by molar-refractivity contribution is 5.17. The minimum absolute atomic E-state index is 0.433. The van der Waals surface area contributed by atoms with Gasteiger partial charge in [-0.15, -0.1) is 0 Å². The molecule has 0 bridgehead atoms. The number of rotatable bonds is 9. The number of hydrogen-bond acceptors (Lipinski definition) is 3. The van der Waals surface area contributed by atoms with Crippen molar-refractivity contribution in [3.05, 3.63) is 108 Å². The van der Waals surface area contributed by atoms with Crippen LogP contribution in [-0.4, -0.2) is 18.1 Å². The molecule has 0 aliphatic heterocycles. The Morgan fingerprint density at radius 3 is 0.909 bits per heavy atom. The second kappa shape index (κ2) is 11.6. The Bertz CT molecular complexity index is 805. The zero-order valence-electron chi connectivity index (χ0n) is 20.2. The first kappa shape index (κ1) is 23.7.